The smallest absolute Gasteiger partial charge is 0.334 e. The van der Waals surface area contributed by atoms with Gasteiger partial charge in [-0.05, 0) is 6.92 Å². The summed E-state index contributed by atoms with van der Waals surface area (Å²) in [5.74, 6) is -4.24. The van der Waals surface area contributed by atoms with Crippen molar-refractivity contribution in [2.75, 3.05) is 39.3 Å². The number of carbonyl (C=O) groups excluding carboxylic acids is 6. The first-order valence-corrected chi connectivity index (χ1v) is 12.1. The molecule has 0 radical (unpaired) electrons. The van der Waals surface area contributed by atoms with Gasteiger partial charge in [0.1, 0.15) is 18.3 Å². The average Bonchev–Trinajstić information content (AvgIpc) is 3.17. The third-order valence-electron chi connectivity index (χ3n) is 5.51. The Balaban J connectivity index is 1.66. The molecular formula is C21H34N6O12. The summed E-state index contributed by atoms with van der Waals surface area (Å²) in [4.78, 5) is 76.2. The van der Waals surface area contributed by atoms with Gasteiger partial charge in [-0.25, -0.2) is 10.2 Å². The number of nitrogens with zero attached hydrogens (tertiary/aromatic N) is 2. The van der Waals surface area contributed by atoms with Crippen LogP contribution in [0.3, 0.4) is 0 Å². The maximum absolute atomic E-state index is 12.2. The topological polar surface area (TPSA) is 259 Å². The molecule has 2 heterocycles. The van der Waals surface area contributed by atoms with Crippen molar-refractivity contribution in [3.05, 3.63) is 0 Å². The summed E-state index contributed by atoms with van der Waals surface area (Å²) in [6.07, 6.45) is -6.58. The highest BCUT2D eigenvalue weighted by molar-refractivity contribution is 6.01. The Hall–Kier alpha value is -3.26. The van der Waals surface area contributed by atoms with Crippen LogP contribution in [-0.2, 0) is 43.1 Å². The SMILES string of the molecule is C[C@@H]1O[C@@H](OCCNNC(=O)CN(CC(N)=O)CC(=O)NCCC(=O)ON2C(=O)CCC2=O)[C@@H](O)[C@H](O)[C@@H]1O. The number of amides is 5. The van der Waals surface area contributed by atoms with Gasteiger partial charge >= 0.3 is 5.97 Å². The molecule has 0 spiro atoms. The molecule has 2 aliphatic rings. The highest BCUT2D eigenvalue weighted by Crippen LogP contribution is 2.21. The number of nitrogens with one attached hydrogen (secondary N) is 3. The molecule has 39 heavy (non-hydrogen) atoms. The van der Waals surface area contributed by atoms with Crippen molar-refractivity contribution in [3.63, 3.8) is 0 Å². The average molecular weight is 563 g/mol. The van der Waals surface area contributed by atoms with E-state index in [0.29, 0.717) is 5.06 Å². The second-order valence-electron chi connectivity index (χ2n) is 8.78. The van der Waals surface area contributed by atoms with Crippen LogP contribution in [0.5, 0.6) is 0 Å². The molecule has 0 aliphatic carbocycles. The Morgan fingerprint density at radius 1 is 1.00 bits per heavy atom. The van der Waals surface area contributed by atoms with E-state index in [1.54, 1.807) is 0 Å². The van der Waals surface area contributed by atoms with Gasteiger partial charge in [-0.2, -0.15) is 0 Å². The van der Waals surface area contributed by atoms with Gasteiger partial charge in [0.05, 0.1) is 38.8 Å². The molecule has 2 aliphatic heterocycles. The third-order valence-corrected chi connectivity index (χ3v) is 5.51. The quantitative estimate of drug-likeness (QED) is 0.0558. The van der Waals surface area contributed by atoms with Crippen LogP contribution in [0.1, 0.15) is 26.2 Å². The monoisotopic (exact) mass is 562 g/mol. The van der Waals surface area contributed by atoms with E-state index in [9.17, 15) is 44.1 Å². The first kappa shape index (κ1) is 32.0. The van der Waals surface area contributed by atoms with Crippen molar-refractivity contribution in [2.45, 2.75) is 56.9 Å². The van der Waals surface area contributed by atoms with Crippen molar-refractivity contribution in [1.82, 2.24) is 26.1 Å². The fourth-order valence-corrected chi connectivity index (χ4v) is 3.54. The summed E-state index contributed by atoms with van der Waals surface area (Å²) >= 11 is 0. The number of hydroxylamine groups is 2. The van der Waals surface area contributed by atoms with Crippen molar-refractivity contribution in [2.24, 2.45) is 5.73 Å². The predicted molar refractivity (Wildman–Crippen MR) is 125 cm³/mol. The minimum absolute atomic E-state index is 0.0480. The lowest BCUT2D eigenvalue weighted by atomic mass is 10.0. The van der Waals surface area contributed by atoms with E-state index >= 15 is 0 Å². The van der Waals surface area contributed by atoms with Gasteiger partial charge in [0.2, 0.25) is 17.7 Å². The fourth-order valence-electron chi connectivity index (χ4n) is 3.54. The Bertz CT molecular complexity index is 904. The van der Waals surface area contributed by atoms with Crippen molar-refractivity contribution >= 4 is 35.5 Å². The predicted octanol–water partition coefficient (Wildman–Crippen LogP) is -5.65. The van der Waals surface area contributed by atoms with Crippen LogP contribution in [0, 0.1) is 0 Å². The summed E-state index contributed by atoms with van der Waals surface area (Å²) in [6.45, 7) is 0.0511. The summed E-state index contributed by atoms with van der Waals surface area (Å²) in [6, 6.07) is 0. The molecule has 0 aromatic carbocycles. The number of ether oxygens (including phenoxy) is 2. The van der Waals surface area contributed by atoms with Gasteiger partial charge < -0.3 is 40.7 Å². The molecule has 18 heteroatoms. The molecule has 18 nitrogen and oxygen atoms in total. The second-order valence-corrected chi connectivity index (χ2v) is 8.78. The second kappa shape index (κ2) is 15.4. The molecule has 2 saturated heterocycles. The number of primary amides is 1. The number of imide groups is 1. The minimum atomic E-state index is -1.47. The van der Waals surface area contributed by atoms with Gasteiger partial charge in [-0.15, -0.1) is 5.06 Å². The van der Waals surface area contributed by atoms with E-state index in [4.69, 9.17) is 15.2 Å². The van der Waals surface area contributed by atoms with E-state index in [2.05, 4.69) is 21.0 Å². The van der Waals surface area contributed by atoms with Gasteiger partial charge in [0.15, 0.2) is 6.29 Å². The van der Waals surface area contributed by atoms with E-state index < -0.39 is 85.8 Å². The number of aliphatic hydroxyl groups is 3. The zero-order chi connectivity index (χ0) is 29.1. The van der Waals surface area contributed by atoms with Gasteiger partial charge in [0.25, 0.3) is 11.8 Å². The molecule has 5 amide bonds. The molecular weight excluding hydrogens is 528 g/mol. The number of aliphatic hydroxyl groups excluding tert-OH is 3. The van der Waals surface area contributed by atoms with Crippen molar-refractivity contribution < 1.29 is 58.4 Å². The first-order valence-electron chi connectivity index (χ1n) is 12.1. The third kappa shape index (κ3) is 10.4. The van der Waals surface area contributed by atoms with Crippen molar-refractivity contribution in [1.29, 1.82) is 0 Å². The van der Waals surface area contributed by atoms with Gasteiger partial charge in [-0.1, -0.05) is 0 Å². The molecule has 2 rings (SSSR count). The molecule has 0 aromatic heterocycles. The number of carbonyl (C=O) groups is 6. The number of rotatable bonds is 15. The Morgan fingerprint density at radius 3 is 2.28 bits per heavy atom. The normalized spacial score (nSPS) is 25.1. The zero-order valence-electron chi connectivity index (χ0n) is 21.2. The van der Waals surface area contributed by atoms with Crippen LogP contribution >= 0.6 is 0 Å². The molecule has 5 atom stereocenters. The fraction of sp³-hybridized carbons (Fsp3) is 0.714. The first-order chi connectivity index (χ1) is 18.4. The maximum atomic E-state index is 12.2. The van der Waals surface area contributed by atoms with Crippen LogP contribution in [-0.4, -0.2) is 131 Å². The largest absolute Gasteiger partial charge is 0.388 e. The molecule has 0 saturated carbocycles. The van der Waals surface area contributed by atoms with E-state index in [-0.39, 0.29) is 39.0 Å². The molecule has 2 fully saturated rings. The lowest BCUT2D eigenvalue weighted by molar-refractivity contribution is -0.292. The van der Waals surface area contributed by atoms with E-state index in [1.807, 2.05) is 0 Å². The van der Waals surface area contributed by atoms with Gasteiger partial charge in [-0.3, -0.25) is 34.3 Å². The van der Waals surface area contributed by atoms with Crippen LogP contribution in [0.4, 0.5) is 0 Å². The molecule has 0 unspecified atom stereocenters. The summed E-state index contributed by atoms with van der Waals surface area (Å²) in [5, 5.41) is 32.1. The van der Waals surface area contributed by atoms with E-state index in [1.165, 1.54) is 6.92 Å². The Labute approximate surface area is 222 Å². The molecule has 8 N–H and O–H groups in total. The van der Waals surface area contributed by atoms with Crippen LogP contribution in [0.15, 0.2) is 0 Å². The summed E-state index contributed by atoms with van der Waals surface area (Å²) < 4.78 is 10.6. The number of hydrogen-bond donors (Lipinski definition) is 7. The zero-order valence-corrected chi connectivity index (χ0v) is 21.2. The van der Waals surface area contributed by atoms with E-state index in [0.717, 1.165) is 4.90 Å². The number of hydrogen-bond acceptors (Lipinski definition) is 14. The molecule has 0 bridgehead atoms. The lowest BCUT2D eigenvalue weighted by Gasteiger charge is -2.38. The maximum Gasteiger partial charge on any atom is 0.334 e. The molecule has 0 aromatic rings. The van der Waals surface area contributed by atoms with Gasteiger partial charge in [0, 0.05) is 25.9 Å². The van der Waals surface area contributed by atoms with Crippen LogP contribution < -0.4 is 21.9 Å². The Kier molecular flexibility index (Phi) is 12.6. The highest BCUT2D eigenvalue weighted by Gasteiger charge is 2.42. The number of hydrazine groups is 1. The highest BCUT2D eigenvalue weighted by atomic mass is 16.7. The number of nitrogens with two attached hydrogens (primary N) is 1. The van der Waals surface area contributed by atoms with Crippen LogP contribution in [0.25, 0.3) is 0 Å². The van der Waals surface area contributed by atoms with Crippen LogP contribution in [0.2, 0.25) is 0 Å². The lowest BCUT2D eigenvalue weighted by Crippen LogP contribution is -2.57. The summed E-state index contributed by atoms with van der Waals surface area (Å²) in [7, 11) is 0. The Morgan fingerprint density at radius 2 is 1.64 bits per heavy atom. The minimum Gasteiger partial charge on any atom is -0.388 e. The molecule has 220 valence electrons. The van der Waals surface area contributed by atoms with Crippen molar-refractivity contribution in [3.8, 4) is 0 Å². The summed E-state index contributed by atoms with van der Waals surface area (Å²) in [5.41, 5.74) is 10.0. The standard InChI is InChI=1S/C21H34N6O12/c1-11-18(34)19(35)20(36)21(38-11)37-7-6-24-25-14(30)10-26(8-12(22)28)9-13(29)23-5-4-17(33)39-27-15(31)2-3-16(27)32/h11,18-21,24,34-36H,2-10H2,1H3,(H2,22,28)(H,23,29)(H,25,30)/t11-,18+,19+,20-,21+/m0/s1.